The lowest BCUT2D eigenvalue weighted by atomic mass is 10.1. The van der Waals surface area contributed by atoms with Crippen LogP contribution in [0.5, 0.6) is 0 Å². The van der Waals surface area contributed by atoms with E-state index in [1.807, 2.05) is 0 Å². The predicted octanol–water partition coefficient (Wildman–Crippen LogP) is 0.715. The third kappa shape index (κ3) is 3.70. The van der Waals surface area contributed by atoms with Crippen molar-refractivity contribution in [1.29, 1.82) is 0 Å². The van der Waals surface area contributed by atoms with Crippen LogP contribution in [0.1, 0.15) is 17.0 Å². The normalized spacial score (nSPS) is 13.0. The molecule has 3 aromatic rings. The van der Waals surface area contributed by atoms with Gasteiger partial charge in [-0.05, 0) is 31.9 Å². The smallest absolute Gasteiger partial charge is 0.322 e. The second-order valence-corrected chi connectivity index (χ2v) is 7.45. The Morgan fingerprint density at radius 1 is 1.23 bits per heavy atom. The van der Waals surface area contributed by atoms with Crippen LogP contribution in [0.25, 0.3) is 5.78 Å². The fourth-order valence-electron chi connectivity index (χ4n) is 2.53. The van der Waals surface area contributed by atoms with Crippen LogP contribution in [0.2, 0.25) is 0 Å². The van der Waals surface area contributed by atoms with Crippen molar-refractivity contribution in [3.63, 3.8) is 0 Å². The Kier molecular flexibility index (Phi) is 4.70. The Balaban J connectivity index is 1.91. The maximum atomic E-state index is 12.6. The Morgan fingerprint density at radius 2 is 1.92 bits per heavy atom. The second kappa shape index (κ2) is 6.81. The first-order valence-electron chi connectivity index (χ1n) is 7.76. The molecular formula is C16H17N5O4S. The molecule has 0 aliphatic rings. The van der Waals surface area contributed by atoms with Crippen LogP contribution in [0, 0.1) is 13.8 Å². The summed E-state index contributed by atoms with van der Waals surface area (Å²) in [7, 11) is -4.23. The van der Waals surface area contributed by atoms with Gasteiger partial charge in [-0.3, -0.25) is 4.79 Å². The minimum absolute atomic E-state index is 0.000833. The molecular weight excluding hydrogens is 358 g/mol. The molecule has 0 saturated carbocycles. The molecule has 2 N–H and O–H groups in total. The average molecular weight is 375 g/mol. The maximum Gasteiger partial charge on any atom is 0.322 e. The summed E-state index contributed by atoms with van der Waals surface area (Å²) in [5, 5.41) is 12.8. The summed E-state index contributed by atoms with van der Waals surface area (Å²) in [5.74, 6) is -1.15. The van der Waals surface area contributed by atoms with Gasteiger partial charge in [-0.25, -0.2) is 17.9 Å². The van der Waals surface area contributed by atoms with Gasteiger partial charge in [0.05, 0.1) is 0 Å². The van der Waals surface area contributed by atoms with Crippen molar-refractivity contribution < 1.29 is 18.3 Å². The Hall–Kier alpha value is -2.85. The molecule has 0 spiro atoms. The number of benzene rings is 1. The molecule has 0 fully saturated rings. The number of aromatic nitrogens is 4. The summed E-state index contributed by atoms with van der Waals surface area (Å²) < 4.78 is 28.6. The summed E-state index contributed by atoms with van der Waals surface area (Å²) in [6, 6.07) is 9.14. The van der Waals surface area contributed by atoms with Crippen LogP contribution in [0.4, 0.5) is 0 Å². The Labute approximate surface area is 149 Å². The number of carboxylic acid groups (broad SMARTS) is 1. The van der Waals surface area contributed by atoms with Gasteiger partial charge < -0.3 is 5.11 Å². The van der Waals surface area contributed by atoms with E-state index in [4.69, 9.17) is 0 Å². The molecule has 1 atom stereocenters. The molecule has 0 bridgehead atoms. The van der Waals surface area contributed by atoms with Crippen LogP contribution in [0.15, 0.2) is 41.6 Å². The summed E-state index contributed by atoms with van der Waals surface area (Å²) in [6.45, 7) is 3.50. The lowest BCUT2D eigenvalue weighted by Gasteiger charge is -2.13. The molecule has 2 heterocycles. The second-order valence-electron chi connectivity index (χ2n) is 5.85. The Morgan fingerprint density at radius 3 is 2.58 bits per heavy atom. The highest BCUT2D eigenvalue weighted by Gasteiger charge is 2.29. The average Bonchev–Trinajstić information content (AvgIpc) is 3.00. The van der Waals surface area contributed by atoms with E-state index in [0.29, 0.717) is 17.0 Å². The molecule has 136 valence electrons. The van der Waals surface area contributed by atoms with Crippen molar-refractivity contribution in [2.75, 3.05) is 0 Å². The van der Waals surface area contributed by atoms with Gasteiger partial charge >= 0.3 is 5.97 Å². The van der Waals surface area contributed by atoms with Crippen LogP contribution in [-0.4, -0.2) is 45.1 Å². The van der Waals surface area contributed by atoms with Crippen molar-refractivity contribution in [2.45, 2.75) is 31.5 Å². The van der Waals surface area contributed by atoms with Crippen LogP contribution in [-0.2, 0) is 21.2 Å². The van der Waals surface area contributed by atoms with E-state index in [-0.39, 0.29) is 12.2 Å². The van der Waals surface area contributed by atoms with E-state index in [1.165, 1.54) is 4.52 Å². The number of hydrogen-bond acceptors (Lipinski definition) is 6. The molecule has 26 heavy (non-hydrogen) atoms. The number of carboxylic acids is 1. The van der Waals surface area contributed by atoms with Crippen molar-refractivity contribution in [3.05, 3.63) is 53.3 Å². The summed E-state index contributed by atoms with van der Waals surface area (Å²) >= 11 is 0. The zero-order chi connectivity index (χ0) is 18.9. The predicted molar refractivity (Wildman–Crippen MR) is 92.1 cm³/mol. The van der Waals surface area contributed by atoms with Gasteiger partial charge in [-0.2, -0.15) is 9.71 Å². The Bertz CT molecular complexity index is 1060. The number of fused-ring (bicyclic) bond motifs is 1. The first-order valence-corrected chi connectivity index (χ1v) is 9.24. The summed E-state index contributed by atoms with van der Waals surface area (Å²) in [5.41, 5.74) is 2.03. The van der Waals surface area contributed by atoms with Crippen molar-refractivity contribution in [1.82, 2.24) is 24.3 Å². The van der Waals surface area contributed by atoms with E-state index >= 15 is 0 Å². The van der Waals surface area contributed by atoms with Crippen LogP contribution < -0.4 is 4.72 Å². The molecule has 0 amide bonds. The van der Waals surface area contributed by atoms with Gasteiger partial charge in [-0.1, -0.05) is 30.3 Å². The maximum absolute atomic E-state index is 12.6. The number of aryl methyl sites for hydroxylation is 2. The van der Waals surface area contributed by atoms with E-state index in [2.05, 4.69) is 19.8 Å². The molecule has 3 rings (SSSR count). The third-order valence-electron chi connectivity index (χ3n) is 3.72. The standard InChI is InChI=1S/C16H17N5O4S/c1-10-8-11(2)21-15(17-10)18-16(19-21)26(24,25)20-13(14(22)23)9-12-6-4-3-5-7-12/h3-8,13,20H,9H2,1-2H3,(H,22,23). The third-order valence-corrected chi connectivity index (χ3v) is 4.97. The number of sulfonamides is 1. The SMILES string of the molecule is Cc1cc(C)n2nc(S(=O)(=O)NC(Cc3ccccc3)C(=O)O)nc2n1. The van der Waals surface area contributed by atoms with Gasteiger partial charge in [-0.15, -0.1) is 5.10 Å². The van der Waals surface area contributed by atoms with E-state index < -0.39 is 27.2 Å². The molecule has 10 heteroatoms. The fourth-order valence-corrected chi connectivity index (χ4v) is 3.59. The first kappa shape index (κ1) is 18.0. The summed E-state index contributed by atoms with van der Waals surface area (Å²) in [6.07, 6.45) is -0.000833. The number of nitrogens with one attached hydrogen (secondary N) is 1. The highest BCUT2D eigenvalue weighted by Crippen LogP contribution is 2.11. The number of aliphatic carboxylic acids is 1. The van der Waals surface area contributed by atoms with Crippen molar-refractivity contribution in [2.24, 2.45) is 0 Å². The number of rotatable bonds is 6. The fraction of sp³-hybridized carbons (Fsp3) is 0.250. The van der Waals surface area contributed by atoms with Crippen LogP contribution >= 0.6 is 0 Å². The molecule has 2 aromatic heterocycles. The van der Waals surface area contributed by atoms with Crippen LogP contribution in [0.3, 0.4) is 0 Å². The topological polar surface area (TPSA) is 127 Å². The molecule has 1 aromatic carbocycles. The number of carbonyl (C=O) groups is 1. The zero-order valence-corrected chi connectivity index (χ0v) is 14.9. The minimum atomic E-state index is -4.23. The van der Waals surface area contributed by atoms with Gasteiger partial charge in [0.2, 0.25) is 0 Å². The van der Waals surface area contributed by atoms with E-state index in [1.54, 1.807) is 50.2 Å². The van der Waals surface area contributed by atoms with Crippen molar-refractivity contribution >= 4 is 21.8 Å². The minimum Gasteiger partial charge on any atom is -0.480 e. The highest BCUT2D eigenvalue weighted by atomic mass is 32.2. The van der Waals surface area contributed by atoms with E-state index in [9.17, 15) is 18.3 Å². The molecule has 0 aliphatic heterocycles. The van der Waals surface area contributed by atoms with Crippen molar-refractivity contribution in [3.8, 4) is 0 Å². The number of nitrogens with zero attached hydrogens (tertiary/aromatic N) is 4. The van der Waals surface area contributed by atoms with Gasteiger partial charge in [0.15, 0.2) is 0 Å². The van der Waals surface area contributed by atoms with Gasteiger partial charge in [0.1, 0.15) is 6.04 Å². The molecule has 1 unspecified atom stereocenters. The van der Waals surface area contributed by atoms with Gasteiger partial charge in [0, 0.05) is 11.4 Å². The monoisotopic (exact) mass is 375 g/mol. The molecule has 9 nitrogen and oxygen atoms in total. The molecule has 0 aliphatic carbocycles. The quantitative estimate of drug-likeness (QED) is 0.650. The highest BCUT2D eigenvalue weighted by molar-refractivity contribution is 7.89. The lowest BCUT2D eigenvalue weighted by molar-refractivity contribution is -0.138. The largest absolute Gasteiger partial charge is 0.480 e. The van der Waals surface area contributed by atoms with Gasteiger partial charge in [0.25, 0.3) is 21.0 Å². The first-order chi connectivity index (χ1) is 12.3. The lowest BCUT2D eigenvalue weighted by Crippen LogP contribution is -2.42. The zero-order valence-electron chi connectivity index (χ0n) is 14.1. The molecule has 0 radical (unpaired) electrons. The number of hydrogen-bond donors (Lipinski definition) is 2. The summed E-state index contributed by atoms with van der Waals surface area (Å²) in [4.78, 5) is 19.6. The molecule has 0 saturated heterocycles. The van der Waals surface area contributed by atoms with E-state index in [0.717, 1.165) is 0 Å².